The summed E-state index contributed by atoms with van der Waals surface area (Å²) in [7, 11) is -1.23. The molecule has 0 rings (SSSR count). The average molecular weight is 309 g/mol. The molecule has 3 nitrogen and oxygen atoms in total. The minimum atomic E-state index is -0.954. The Morgan fingerprint density at radius 1 is 0.895 bits per heavy atom. The Bertz CT molecular complexity index is 228. The molecule has 0 heterocycles. The Labute approximate surface area is 123 Å². The van der Waals surface area contributed by atoms with Crippen molar-refractivity contribution >= 4 is 16.6 Å². The second-order valence-electron chi connectivity index (χ2n) is 6.10. The molecule has 0 atom stereocenters. The molecule has 0 aromatic heterocycles. The van der Waals surface area contributed by atoms with E-state index in [9.17, 15) is 0 Å². The van der Waals surface area contributed by atoms with E-state index in [0.29, 0.717) is 24.5 Å². The Morgan fingerprint density at radius 2 is 1.26 bits per heavy atom. The monoisotopic (exact) mass is 309 g/mol. The Balaban J connectivity index is 5.37. The van der Waals surface area contributed by atoms with Gasteiger partial charge in [-0.3, -0.25) is 0 Å². The van der Waals surface area contributed by atoms with Crippen molar-refractivity contribution in [3.63, 3.8) is 0 Å². The van der Waals surface area contributed by atoms with Gasteiger partial charge in [-0.15, -0.1) is 0 Å². The average Bonchev–Trinajstić information content (AvgIpc) is 2.22. The van der Waals surface area contributed by atoms with E-state index in [-0.39, 0.29) is 13.6 Å². The zero-order valence-corrected chi connectivity index (χ0v) is 16.0. The molecule has 5 heteroatoms. The summed E-state index contributed by atoms with van der Waals surface area (Å²) in [5.74, 6) is 0. The Morgan fingerprint density at radius 3 is 1.47 bits per heavy atom. The minimum absolute atomic E-state index is 0.0658. The minimum Gasteiger partial charge on any atom is -0.322 e. The van der Waals surface area contributed by atoms with Gasteiger partial charge in [0.05, 0.1) is 13.2 Å². The van der Waals surface area contributed by atoms with Crippen LogP contribution in [0.15, 0.2) is 0 Å². The standard InChI is InChI=1S/C14H33NO2P2/c1-10-16-19(17-11-2)15(14(7,8)9)18(12(3)4)13(5)6/h12-13H,10-11H2,1-9H3. The molecule has 0 saturated heterocycles. The lowest BCUT2D eigenvalue weighted by molar-refractivity contribution is 0.216. The van der Waals surface area contributed by atoms with E-state index in [2.05, 4.69) is 52.9 Å². The van der Waals surface area contributed by atoms with Gasteiger partial charge in [-0.2, -0.15) is 0 Å². The molecular formula is C14H33NO2P2. The maximum absolute atomic E-state index is 5.94. The van der Waals surface area contributed by atoms with Crippen LogP contribution >= 0.6 is 16.6 Å². The normalized spacial score (nSPS) is 13.6. The van der Waals surface area contributed by atoms with E-state index >= 15 is 0 Å². The zero-order chi connectivity index (χ0) is 15.2. The van der Waals surface area contributed by atoms with Gasteiger partial charge in [0, 0.05) is 5.54 Å². The Hall–Kier alpha value is 0.740. The molecule has 0 unspecified atom stereocenters. The lowest BCUT2D eigenvalue weighted by Crippen LogP contribution is -2.37. The Kier molecular flexibility index (Phi) is 9.25. The lowest BCUT2D eigenvalue weighted by Gasteiger charge is -2.47. The van der Waals surface area contributed by atoms with Crippen LogP contribution in [0.4, 0.5) is 0 Å². The van der Waals surface area contributed by atoms with Crippen LogP contribution in [-0.2, 0) is 9.05 Å². The largest absolute Gasteiger partial charge is 0.322 e. The van der Waals surface area contributed by atoms with Crippen LogP contribution in [0.1, 0.15) is 62.3 Å². The van der Waals surface area contributed by atoms with E-state index < -0.39 is 8.53 Å². The van der Waals surface area contributed by atoms with Gasteiger partial charge in [0.2, 0.25) is 0 Å². The maximum Gasteiger partial charge on any atom is 0.263 e. The fourth-order valence-corrected chi connectivity index (χ4v) is 8.29. The van der Waals surface area contributed by atoms with Gasteiger partial charge >= 0.3 is 0 Å². The second kappa shape index (κ2) is 8.90. The molecule has 0 aliphatic carbocycles. The van der Waals surface area contributed by atoms with Crippen molar-refractivity contribution in [2.24, 2.45) is 0 Å². The van der Waals surface area contributed by atoms with Crippen LogP contribution in [0.2, 0.25) is 0 Å². The predicted molar refractivity (Wildman–Crippen MR) is 89.0 cm³/mol. The highest BCUT2D eigenvalue weighted by molar-refractivity contribution is 7.67. The highest BCUT2D eigenvalue weighted by Gasteiger charge is 2.39. The summed E-state index contributed by atoms with van der Waals surface area (Å²) >= 11 is 0. The quantitative estimate of drug-likeness (QED) is 0.545. The molecule has 19 heavy (non-hydrogen) atoms. The van der Waals surface area contributed by atoms with Crippen molar-refractivity contribution in [3.05, 3.63) is 0 Å². The van der Waals surface area contributed by atoms with Crippen LogP contribution in [0.25, 0.3) is 0 Å². The van der Waals surface area contributed by atoms with Crippen molar-refractivity contribution in [2.75, 3.05) is 13.2 Å². The van der Waals surface area contributed by atoms with Gasteiger partial charge in [0.25, 0.3) is 8.53 Å². The summed E-state index contributed by atoms with van der Waals surface area (Å²) in [6.07, 6.45) is 0. The smallest absolute Gasteiger partial charge is 0.263 e. The summed E-state index contributed by atoms with van der Waals surface area (Å²) in [5.41, 5.74) is 1.34. The van der Waals surface area contributed by atoms with E-state index in [4.69, 9.17) is 9.05 Å². The fraction of sp³-hybridized carbons (Fsp3) is 1.00. The van der Waals surface area contributed by atoms with E-state index in [1.807, 2.05) is 13.8 Å². The molecule has 0 radical (unpaired) electrons. The summed E-state index contributed by atoms with van der Waals surface area (Å²) in [5, 5.41) is 0. The fourth-order valence-electron chi connectivity index (χ4n) is 2.08. The molecule has 0 N–H and O–H groups in total. The highest BCUT2D eigenvalue weighted by Crippen LogP contribution is 2.65. The topological polar surface area (TPSA) is 21.7 Å². The van der Waals surface area contributed by atoms with Crippen molar-refractivity contribution in [3.8, 4) is 0 Å². The third kappa shape index (κ3) is 6.36. The summed E-state index contributed by atoms with van der Waals surface area (Å²) in [6, 6.07) is 0. The first-order valence-electron chi connectivity index (χ1n) is 7.31. The maximum atomic E-state index is 5.94. The SMILES string of the molecule is CCOP(OCC)N(P(C(C)C)C(C)C)C(C)(C)C. The van der Waals surface area contributed by atoms with Crippen molar-refractivity contribution in [1.29, 1.82) is 0 Å². The molecule has 0 bridgehead atoms. The van der Waals surface area contributed by atoms with Crippen LogP contribution in [0.5, 0.6) is 0 Å². The third-order valence-electron chi connectivity index (χ3n) is 2.51. The number of nitrogens with zero attached hydrogens (tertiary/aromatic N) is 1. The summed E-state index contributed by atoms with van der Waals surface area (Å²) in [4.78, 5) is 0. The van der Waals surface area contributed by atoms with Gasteiger partial charge in [-0.05, 0) is 54.0 Å². The molecule has 0 spiro atoms. The first kappa shape index (κ1) is 19.7. The highest BCUT2D eigenvalue weighted by atomic mass is 31.2. The van der Waals surface area contributed by atoms with Crippen molar-refractivity contribution < 1.29 is 9.05 Å². The van der Waals surface area contributed by atoms with Gasteiger partial charge in [0.15, 0.2) is 0 Å². The molecule has 0 saturated carbocycles. The summed E-state index contributed by atoms with van der Waals surface area (Å²) < 4.78 is 14.4. The van der Waals surface area contributed by atoms with Crippen LogP contribution in [0, 0.1) is 0 Å². The molecule has 116 valence electrons. The number of hydrogen-bond acceptors (Lipinski definition) is 3. The predicted octanol–water partition coefficient (Wildman–Crippen LogP) is 5.60. The van der Waals surface area contributed by atoms with Gasteiger partial charge in [-0.1, -0.05) is 27.7 Å². The summed E-state index contributed by atoms with van der Waals surface area (Å²) in [6.45, 7) is 21.6. The second-order valence-corrected chi connectivity index (χ2v) is 11.0. The van der Waals surface area contributed by atoms with E-state index in [0.717, 1.165) is 0 Å². The van der Waals surface area contributed by atoms with Crippen molar-refractivity contribution in [2.45, 2.75) is 79.2 Å². The molecule has 0 aromatic carbocycles. The molecule has 0 aromatic rings. The van der Waals surface area contributed by atoms with Crippen LogP contribution in [-0.4, -0.2) is 34.5 Å². The molecular weight excluding hydrogens is 276 g/mol. The van der Waals surface area contributed by atoms with Crippen LogP contribution in [0.3, 0.4) is 0 Å². The van der Waals surface area contributed by atoms with Gasteiger partial charge in [0.1, 0.15) is 0 Å². The van der Waals surface area contributed by atoms with E-state index in [1.165, 1.54) is 0 Å². The molecule has 0 amide bonds. The lowest BCUT2D eigenvalue weighted by atomic mass is 10.1. The van der Waals surface area contributed by atoms with Gasteiger partial charge < -0.3 is 9.05 Å². The van der Waals surface area contributed by atoms with Crippen LogP contribution < -0.4 is 0 Å². The van der Waals surface area contributed by atoms with Gasteiger partial charge in [-0.25, -0.2) is 4.44 Å². The number of rotatable bonds is 8. The zero-order valence-electron chi connectivity index (χ0n) is 14.2. The third-order valence-corrected chi connectivity index (χ3v) is 8.59. The molecule has 0 aliphatic heterocycles. The number of hydrogen-bond donors (Lipinski definition) is 0. The molecule has 0 aliphatic rings. The van der Waals surface area contributed by atoms with Crippen molar-refractivity contribution in [1.82, 2.24) is 4.44 Å². The molecule has 0 fully saturated rings. The van der Waals surface area contributed by atoms with E-state index in [1.54, 1.807) is 0 Å². The first-order valence-corrected chi connectivity index (χ1v) is 9.87. The first-order chi connectivity index (χ1) is 8.66.